The van der Waals surface area contributed by atoms with Gasteiger partial charge in [0.25, 0.3) is 0 Å². The molecule has 0 aromatic heterocycles. The number of hydrogen-bond donors (Lipinski definition) is 5. The Bertz CT molecular complexity index is 343. The first-order valence-electron chi connectivity index (χ1n) is 6.09. The van der Waals surface area contributed by atoms with Gasteiger partial charge in [0.15, 0.2) is 12.4 Å². The lowest BCUT2D eigenvalue weighted by Gasteiger charge is -2.40. The number of ether oxygens (including phenoxy) is 2. The van der Waals surface area contributed by atoms with Crippen molar-refractivity contribution in [3.63, 3.8) is 0 Å². The maximum atomic E-state index is 10.9. The van der Waals surface area contributed by atoms with Crippen molar-refractivity contribution in [2.75, 3.05) is 23.9 Å². The van der Waals surface area contributed by atoms with E-state index in [0.717, 1.165) is 0 Å². The van der Waals surface area contributed by atoms with Crippen LogP contribution >= 0.6 is 31.9 Å². The lowest BCUT2D eigenvalue weighted by molar-refractivity contribution is -0.298. The number of carboxylic acids is 1. The Labute approximate surface area is 137 Å². The van der Waals surface area contributed by atoms with Gasteiger partial charge in [-0.25, -0.2) is 4.79 Å². The molecule has 5 atom stereocenters. The summed E-state index contributed by atoms with van der Waals surface area (Å²) in [5, 5.41) is 48.0. The van der Waals surface area contributed by atoms with Gasteiger partial charge in [-0.15, -0.1) is 0 Å². The van der Waals surface area contributed by atoms with Crippen molar-refractivity contribution in [1.29, 1.82) is 0 Å². The second kappa shape index (κ2) is 8.16. The SMILES string of the molecule is O=C(O)C1O[C@H](OCC(CO)(CBr)CBr)C(O)C(O)[C@H]1O. The maximum absolute atomic E-state index is 10.9. The minimum atomic E-state index is -1.76. The first kappa shape index (κ1) is 19.2. The van der Waals surface area contributed by atoms with Crippen molar-refractivity contribution in [2.45, 2.75) is 30.7 Å². The number of aliphatic hydroxyl groups is 4. The quantitative estimate of drug-likeness (QED) is 0.309. The lowest BCUT2D eigenvalue weighted by atomic mass is 9.95. The first-order valence-corrected chi connectivity index (χ1v) is 8.33. The molecule has 0 aromatic carbocycles. The van der Waals surface area contributed by atoms with E-state index in [2.05, 4.69) is 31.9 Å². The van der Waals surface area contributed by atoms with Gasteiger partial charge in [0, 0.05) is 16.1 Å². The summed E-state index contributed by atoms with van der Waals surface area (Å²) in [6.45, 7) is -0.281. The van der Waals surface area contributed by atoms with Crippen LogP contribution in [0.25, 0.3) is 0 Å². The fourth-order valence-corrected chi connectivity index (χ4v) is 3.30. The van der Waals surface area contributed by atoms with Gasteiger partial charge in [-0.05, 0) is 0 Å². The zero-order valence-corrected chi connectivity index (χ0v) is 14.1. The molecule has 1 rings (SSSR count). The second-order valence-electron chi connectivity index (χ2n) is 4.97. The fourth-order valence-electron chi connectivity index (χ4n) is 1.69. The highest BCUT2D eigenvalue weighted by Gasteiger charge is 2.48. The third kappa shape index (κ3) is 4.35. The number of aliphatic hydroxyl groups excluding tert-OH is 4. The molecule has 8 nitrogen and oxygen atoms in total. The average molecular weight is 438 g/mol. The minimum absolute atomic E-state index is 0.0586. The van der Waals surface area contributed by atoms with Gasteiger partial charge in [0.1, 0.15) is 18.3 Å². The van der Waals surface area contributed by atoms with E-state index in [9.17, 15) is 25.2 Å². The molecule has 1 fully saturated rings. The highest BCUT2D eigenvalue weighted by atomic mass is 79.9. The number of halogens is 2. The molecule has 0 bridgehead atoms. The first-order chi connectivity index (χ1) is 9.81. The molecule has 21 heavy (non-hydrogen) atoms. The van der Waals surface area contributed by atoms with Crippen LogP contribution in [0.4, 0.5) is 0 Å². The Hall–Kier alpha value is 0.190. The molecule has 1 heterocycles. The molecule has 1 aliphatic heterocycles. The molecule has 0 saturated carbocycles. The van der Waals surface area contributed by atoms with E-state index in [-0.39, 0.29) is 13.2 Å². The van der Waals surface area contributed by atoms with Crippen LogP contribution in [0.1, 0.15) is 0 Å². The summed E-state index contributed by atoms with van der Waals surface area (Å²) < 4.78 is 10.3. The van der Waals surface area contributed by atoms with E-state index in [1.807, 2.05) is 0 Å². The van der Waals surface area contributed by atoms with E-state index in [1.54, 1.807) is 0 Å². The summed E-state index contributed by atoms with van der Waals surface area (Å²) in [5.74, 6) is -1.48. The Morgan fingerprint density at radius 1 is 1.14 bits per heavy atom. The summed E-state index contributed by atoms with van der Waals surface area (Å²) in [5.41, 5.74) is -0.692. The molecule has 1 aliphatic rings. The van der Waals surface area contributed by atoms with Crippen LogP contribution in [-0.4, -0.2) is 86.1 Å². The molecule has 0 amide bonds. The maximum Gasteiger partial charge on any atom is 0.335 e. The molecule has 3 unspecified atom stereocenters. The van der Waals surface area contributed by atoms with Crippen LogP contribution < -0.4 is 0 Å². The van der Waals surface area contributed by atoms with Crippen molar-refractivity contribution in [3.8, 4) is 0 Å². The van der Waals surface area contributed by atoms with Crippen LogP contribution in [0.15, 0.2) is 0 Å². The molecule has 5 N–H and O–H groups in total. The predicted molar refractivity (Wildman–Crippen MR) is 77.4 cm³/mol. The number of hydrogen-bond acceptors (Lipinski definition) is 7. The smallest absolute Gasteiger partial charge is 0.335 e. The van der Waals surface area contributed by atoms with E-state index < -0.39 is 42.1 Å². The molecule has 0 radical (unpaired) electrons. The Kier molecular flexibility index (Phi) is 7.47. The summed E-state index contributed by atoms with van der Waals surface area (Å²) in [4.78, 5) is 10.9. The van der Waals surface area contributed by atoms with Crippen molar-refractivity contribution in [2.24, 2.45) is 5.41 Å². The number of rotatable bonds is 7. The van der Waals surface area contributed by atoms with E-state index >= 15 is 0 Å². The van der Waals surface area contributed by atoms with Crippen molar-refractivity contribution in [1.82, 2.24) is 0 Å². The van der Waals surface area contributed by atoms with Gasteiger partial charge in [-0.1, -0.05) is 31.9 Å². The minimum Gasteiger partial charge on any atom is -0.479 e. The molecule has 124 valence electrons. The Morgan fingerprint density at radius 2 is 1.71 bits per heavy atom. The summed E-state index contributed by atoms with van der Waals surface area (Å²) >= 11 is 6.47. The zero-order valence-electron chi connectivity index (χ0n) is 10.9. The van der Waals surface area contributed by atoms with Crippen LogP contribution in [0.3, 0.4) is 0 Å². The Balaban J connectivity index is 2.75. The van der Waals surface area contributed by atoms with Crippen molar-refractivity contribution >= 4 is 37.8 Å². The van der Waals surface area contributed by atoms with Gasteiger partial charge in [0.05, 0.1) is 13.2 Å². The highest BCUT2D eigenvalue weighted by Crippen LogP contribution is 2.27. The lowest BCUT2D eigenvalue weighted by Crippen LogP contribution is -2.60. The largest absolute Gasteiger partial charge is 0.479 e. The normalized spacial score (nSPS) is 33.9. The van der Waals surface area contributed by atoms with Gasteiger partial charge in [-0.3, -0.25) is 0 Å². The number of aliphatic carboxylic acids is 1. The second-order valence-corrected chi connectivity index (χ2v) is 6.09. The molecular formula is C11H18Br2O8. The zero-order chi connectivity index (χ0) is 16.2. The average Bonchev–Trinajstić information content (AvgIpc) is 2.48. The standard InChI is InChI=1S/C11H18Br2O8/c12-1-11(2-13,3-14)4-20-10-7(17)5(15)6(16)8(21-10)9(18)19/h5-8,10,14-17H,1-4H2,(H,18,19)/t5?,6-,7?,8?,10+/m1/s1. The predicted octanol–water partition coefficient (Wildman–Crippen LogP) is -1.34. The van der Waals surface area contributed by atoms with E-state index in [1.165, 1.54) is 0 Å². The molecule has 0 aromatic rings. The molecule has 1 saturated heterocycles. The van der Waals surface area contributed by atoms with Gasteiger partial charge in [-0.2, -0.15) is 0 Å². The third-order valence-electron chi connectivity index (χ3n) is 3.27. The monoisotopic (exact) mass is 436 g/mol. The molecule has 10 heteroatoms. The van der Waals surface area contributed by atoms with Crippen LogP contribution in [-0.2, 0) is 14.3 Å². The summed E-state index contributed by atoms with van der Waals surface area (Å²) in [6, 6.07) is 0. The van der Waals surface area contributed by atoms with Crippen molar-refractivity contribution in [3.05, 3.63) is 0 Å². The fraction of sp³-hybridized carbons (Fsp3) is 0.909. The molecule has 0 aliphatic carbocycles. The molecule has 0 spiro atoms. The summed E-state index contributed by atoms with van der Waals surface area (Å²) in [6.07, 6.45) is -8.19. The van der Waals surface area contributed by atoms with Gasteiger partial charge in [0.2, 0.25) is 0 Å². The number of carbonyl (C=O) groups is 1. The van der Waals surface area contributed by atoms with Gasteiger partial charge >= 0.3 is 5.97 Å². The van der Waals surface area contributed by atoms with Crippen LogP contribution in [0, 0.1) is 5.41 Å². The van der Waals surface area contributed by atoms with Crippen molar-refractivity contribution < 1.29 is 39.8 Å². The number of carboxylic acid groups (broad SMARTS) is 1. The highest BCUT2D eigenvalue weighted by molar-refractivity contribution is 9.09. The Morgan fingerprint density at radius 3 is 2.14 bits per heavy atom. The molecular weight excluding hydrogens is 420 g/mol. The topological polar surface area (TPSA) is 137 Å². The van der Waals surface area contributed by atoms with Gasteiger partial charge < -0.3 is 35.0 Å². The number of alkyl halides is 2. The van der Waals surface area contributed by atoms with E-state index in [0.29, 0.717) is 10.7 Å². The van der Waals surface area contributed by atoms with Crippen LogP contribution in [0.2, 0.25) is 0 Å². The third-order valence-corrected chi connectivity index (χ3v) is 5.65. The van der Waals surface area contributed by atoms with E-state index in [4.69, 9.17) is 14.6 Å². The van der Waals surface area contributed by atoms with Crippen LogP contribution in [0.5, 0.6) is 0 Å². The summed E-state index contributed by atoms with van der Waals surface area (Å²) in [7, 11) is 0.